The van der Waals surface area contributed by atoms with Crippen LogP contribution in [0.1, 0.15) is 35.8 Å². The second kappa shape index (κ2) is 7.50. The fraction of sp³-hybridized carbons (Fsp3) is 0.304. The highest BCUT2D eigenvalue weighted by Gasteiger charge is 2.36. The number of benzene rings is 2. The van der Waals surface area contributed by atoms with Gasteiger partial charge < -0.3 is 4.90 Å². The van der Waals surface area contributed by atoms with Gasteiger partial charge in [0.1, 0.15) is 0 Å². The van der Waals surface area contributed by atoms with Crippen molar-refractivity contribution < 1.29 is 4.79 Å². The van der Waals surface area contributed by atoms with Crippen LogP contribution in [0.15, 0.2) is 60.7 Å². The highest BCUT2D eigenvalue weighted by atomic mass is 16.2. The molecule has 3 aromatic rings. The largest absolute Gasteiger partial charge is 0.329 e. The smallest absolute Gasteiger partial charge is 0.317 e. The normalized spacial score (nSPS) is 16.4. The van der Waals surface area contributed by atoms with E-state index < -0.39 is 0 Å². The molecule has 1 saturated heterocycles. The Bertz CT molecular complexity index is 926. The second-order valence-corrected chi connectivity index (χ2v) is 7.35. The van der Waals surface area contributed by atoms with E-state index in [1.54, 1.807) is 0 Å². The van der Waals surface area contributed by atoms with Gasteiger partial charge in [-0.25, -0.2) is 4.79 Å². The SMILES string of the molecule is Cc1nn(C)c(C)c1[C@H]1CCCN1C(=O)N(c1ccccc1)c1ccccc1. The molecule has 1 aliphatic heterocycles. The third-order valence-electron chi connectivity index (χ3n) is 5.62. The van der Waals surface area contributed by atoms with Gasteiger partial charge in [-0.15, -0.1) is 0 Å². The van der Waals surface area contributed by atoms with Gasteiger partial charge in [0.25, 0.3) is 0 Å². The molecule has 0 saturated carbocycles. The summed E-state index contributed by atoms with van der Waals surface area (Å²) >= 11 is 0. The van der Waals surface area contributed by atoms with E-state index in [-0.39, 0.29) is 12.1 Å². The Balaban J connectivity index is 1.74. The van der Waals surface area contributed by atoms with E-state index in [1.165, 1.54) is 5.56 Å². The number of carbonyl (C=O) groups excluding carboxylic acids is 1. The summed E-state index contributed by atoms with van der Waals surface area (Å²) in [6, 6.07) is 19.8. The predicted octanol–water partition coefficient (Wildman–Crippen LogP) is 5.13. The van der Waals surface area contributed by atoms with E-state index in [2.05, 4.69) is 12.0 Å². The molecule has 1 atom stereocenters. The zero-order valence-corrected chi connectivity index (χ0v) is 16.7. The van der Waals surface area contributed by atoms with Crippen molar-refractivity contribution in [2.24, 2.45) is 7.05 Å². The van der Waals surface area contributed by atoms with Crippen molar-refractivity contribution in [1.82, 2.24) is 14.7 Å². The lowest BCUT2D eigenvalue weighted by atomic mass is 10.0. The van der Waals surface area contributed by atoms with Crippen molar-refractivity contribution in [3.63, 3.8) is 0 Å². The fourth-order valence-corrected chi connectivity index (χ4v) is 4.22. The summed E-state index contributed by atoms with van der Waals surface area (Å²) in [5.74, 6) is 0. The quantitative estimate of drug-likeness (QED) is 0.637. The highest BCUT2D eigenvalue weighted by molar-refractivity contribution is 5.99. The number of amides is 2. The fourth-order valence-electron chi connectivity index (χ4n) is 4.22. The molecule has 2 aromatic carbocycles. The third kappa shape index (κ3) is 3.17. The first-order chi connectivity index (χ1) is 13.6. The van der Waals surface area contributed by atoms with Crippen LogP contribution in [-0.4, -0.2) is 27.3 Å². The van der Waals surface area contributed by atoms with E-state index in [4.69, 9.17) is 0 Å². The maximum absolute atomic E-state index is 13.8. The van der Waals surface area contributed by atoms with Crippen molar-refractivity contribution in [2.45, 2.75) is 32.7 Å². The molecule has 2 heterocycles. The maximum atomic E-state index is 13.8. The lowest BCUT2D eigenvalue weighted by Gasteiger charge is -2.32. The van der Waals surface area contributed by atoms with Crippen LogP contribution < -0.4 is 4.90 Å². The summed E-state index contributed by atoms with van der Waals surface area (Å²) < 4.78 is 1.91. The van der Waals surface area contributed by atoms with E-state index in [0.29, 0.717) is 0 Å². The molecule has 0 aliphatic carbocycles. The van der Waals surface area contributed by atoms with Gasteiger partial charge in [-0.05, 0) is 51.0 Å². The van der Waals surface area contributed by atoms with Gasteiger partial charge in [-0.1, -0.05) is 36.4 Å². The van der Waals surface area contributed by atoms with Crippen molar-refractivity contribution in [3.05, 3.63) is 77.6 Å². The zero-order chi connectivity index (χ0) is 19.7. The molecule has 28 heavy (non-hydrogen) atoms. The average Bonchev–Trinajstić information content (AvgIpc) is 3.28. The van der Waals surface area contributed by atoms with Crippen LogP contribution in [0.3, 0.4) is 0 Å². The van der Waals surface area contributed by atoms with E-state index in [0.717, 1.165) is 42.1 Å². The lowest BCUT2D eigenvalue weighted by Crippen LogP contribution is -2.40. The molecule has 5 heteroatoms. The summed E-state index contributed by atoms with van der Waals surface area (Å²) in [7, 11) is 1.97. The number of aryl methyl sites for hydroxylation is 2. The number of carbonyl (C=O) groups is 1. The molecule has 0 bridgehead atoms. The molecule has 1 aromatic heterocycles. The van der Waals surface area contributed by atoms with Gasteiger partial charge in [0.15, 0.2) is 0 Å². The van der Waals surface area contributed by atoms with Gasteiger partial charge in [0, 0.05) is 24.8 Å². The minimum absolute atomic E-state index is 0.0163. The standard InChI is InChI=1S/C23H26N4O/c1-17-22(18(2)25(3)24-17)21-15-10-16-26(21)23(28)27(19-11-6-4-7-12-19)20-13-8-5-9-14-20/h4-9,11-14,21H,10,15-16H2,1-3H3/t21-/m1/s1. The van der Waals surface area contributed by atoms with Crippen LogP contribution >= 0.6 is 0 Å². The first-order valence-corrected chi connectivity index (χ1v) is 9.79. The second-order valence-electron chi connectivity index (χ2n) is 7.35. The van der Waals surface area contributed by atoms with Crippen LogP contribution in [0, 0.1) is 13.8 Å². The van der Waals surface area contributed by atoms with Crippen LogP contribution in [0.5, 0.6) is 0 Å². The van der Waals surface area contributed by atoms with Gasteiger partial charge in [-0.3, -0.25) is 9.58 Å². The molecule has 144 valence electrons. The molecule has 0 N–H and O–H groups in total. The number of hydrogen-bond acceptors (Lipinski definition) is 2. The molecule has 0 spiro atoms. The van der Waals surface area contributed by atoms with Gasteiger partial charge >= 0.3 is 6.03 Å². The first kappa shape index (κ1) is 18.3. The highest BCUT2D eigenvalue weighted by Crippen LogP contribution is 2.38. The van der Waals surface area contributed by atoms with Crippen LogP contribution in [0.2, 0.25) is 0 Å². The number of anilines is 2. The van der Waals surface area contributed by atoms with Crippen molar-refractivity contribution in [2.75, 3.05) is 11.4 Å². The Labute approximate surface area is 166 Å². The Morgan fingerprint density at radius 1 is 1.00 bits per heavy atom. The minimum atomic E-state index is 0.0163. The van der Waals surface area contributed by atoms with E-state index in [9.17, 15) is 4.79 Å². The number of rotatable bonds is 3. The number of urea groups is 1. The van der Waals surface area contributed by atoms with Crippen molar-refractivity contribution >= 4 is 17.4 Å². The van der Waals surface area contributed by atoms with E-state index >= 15 is 0 Å². The Kier molecular flexibility index (Phi) is 4.90. The molecule has 4 rings (SSSR count). The number of para-hydroxylation sites is 2. The summed E-state index contributed by atoms with van der Waals surface area (Å²) in [5, 5.41) is 4.58. The van der Waals surface area contributed by atoms with Crippen molar-refractivity contribution in [3.8, 4) is 0 Å². The van der Waals surface area contributed by atoms with E-state index in [1.807, 2.05) is 89.1 Å². The van der Waals surface area contributed by atoms with Gasteiger partial charge in [0.2, 0.25) is 0 Å². The molecule has 2 amide bonds. The molecule has 1 fully saturated rings. The number of hydrogen-bond donors (Lipinski definition) is 0. The predicted molar refractivity (Wildman–Crippen MR) is 112 cm³/mol. The van der Waals surface area contributed by atoms with Gasteiger partial charge in [-0.2, -0.15) is 5.10 Å². The summed E-state index contributed by atoms with van der Waals surface area (Å²) in [6.45, 7) is 4.88. The maximum Gasteiger partial charge on any atom is 0.329 e. The Hall–Kier alpha value is -3.08. The molecule has 5 nitrogen and oxygen atoms in total. The molecule has 0 unspecified atom stereocenters. The summed E-state index contributed by atoms with van der Waals surface area (Å²) in [6.07, 6.45) is 1.97. The molecule has 0 radical (unpaired) electrons. The Morgan fingerprint density at radius 3 is 2.07 bits per heavy atom. The topological polar surface area (TPSA) is 41.4 Å². The van der Waals surface area contributed by atoms with Crippen LogP contribution in [0.4, 0.5) is 16.2 Å². The zero-order valence-electron chi connectivity index (χ0n) is 16.7. The third-order valence-corrected chi connectivity index (χ3v) is 5.62. The number of likely N-dealkylation sites (tertiary alicyclic amines) is 1. The van der Waals surface area contributed by atoms with Crippen molar-refractivity contribution in [1.29, 1.82) is 0 Å². The average molecular weight is 374 g/mol. The van der Waals surface area contributed by atoms with Gasteiger partial charge in [0.05, 0.1) is 23.1 Å². The molecular formula is C23H26N4O. The monoisotopic (exact) mass is 374 g/mol. The van der Waals surface area contributed by atoms with Crippen LogP contribution in [0.25, 0.3) is 0 Å². The molecular weight excluding hydrogens is 348 g/mol. The number of nitrogens with zero attached hydrogens (tertiary/aromatic N) is 4. The Morgan fingerprint density at radius 2 is 1.57 bits per heavy atom. The summed E-state index contributed by atoms with van der Waals surface area (Å²) in [5.41, 5.74) is 5.09. The minimum Gasteiger partial charge on any atom is -0.317 e. The first-order valence-electron chi connectivity index (χ1n) is 9.79. The lowest BCUT2D eigenvalue weighted by molar-refractivity contribution is 0.202. The number of aromatic nitrogens is 2. The summed E-state index contributed by atoms with van der Waals surface area (Å²) in [4.78, 5) is 17.6. The van der Waals surface area contributed by atoms with Crippen LogP contribution in [-0.2, 0) is 7.05 Å². The molecule has 1 aliphatic rings.